The molecule has 14 heavy (non-hydrogen) atoms. The SMILES string of the molecule is O=C(O)c1cc(Br)cc(C(=O)O)c1I. The molecule has 0 atom stereocenters. The van der Waals surface area contributed by atoms with Crippen LogP contribution >= 0.6 is 38.5 Å². The molecule has 74 valence electrons. The Morgan fingerprint density at radius 2 is 1.50 bits per heavy atom. The predicted molar refractivity (Wildman–Crippen MR) is 60.8 cm³/mol. The summed E-state index contributed by atoms with van der Waals surface area (Å²) in [7, 11) is 0. The van der Waals surface area contributed by atoms with Gasteiger partial charge in [0.15, 0.2) is 0 Å². The van der Waals surface area contributed by atoms with Crippen LogP contribution in [-0.2, 0) is 0 Å². The van der Waals surface area contributed by atoms with Gasteiger partial charge in [-0.1, -0.05) is 15.9 Å². The standard InChI is InChI=1S/C8H4BrIO4/c9-3-1-4(7(11)12)6(10)5(2-3)8(13)14/h1-2H,(H,11,12)(H,13,14). The third-order valence-corrected chi connectivity index (χ3v) is 3.12. The molecule has 0 radical (unpaired) electrons. The van der Waals surface area contributed by atoms with Gasteiger partial charge in [-0.25, -0.2) is 9.59 Å². The van der Waals surface area contributed by atoms with Crippen molar-refractivity contribution in [1.82, 2.24) is 0 Å². The third kappa shape index (κ3) is 2.24. The van der Waals surface area contributed by atoms with Gasteiger partial charge in [-0.2, -0.15) is 0 Å². The molecule has 0 saturated carbocycles. The van der Waals surface area contributed by atoms with E-state index in [1.807, 2.05) is 0 Å². The number of carboxylic acids is 2. The summed E-state index contributed by atoms with van der Waals surface area (Å²) in [5, 5.41) is 17.6. The van der Waals surface area contributed by atoms with Gasteiger partial charge in [0.25, 0.3) is 0 Å². The second-order valence-corrected chi connectivity index (χ2v) is 4.42. The zero-order chi connectivity index (χ0) is 10.9. The predicted octanol–water partition coefficient (Wildman–Crippen LogP) is 2.45. The van der Waals surface area contributed by atoms with Crippen molar-refractivity contribution < 1.29 is 19.8 Å². The Balaban J connectivity index is 3.47. The lowest BCUT2D eigenvalue weighted by atomic mass is 10.1. The van der Waals surface area contributed by atoms with Gasteiger partial charge in [-0.3, -0.25) is 0 Å². The van der Waals surface area contributed by atoms with Crippen LogP contribution in [0.5, 0.6) is 0 Å². The van der Waals surface area contributed by atoms with Crippen LogP contribution in [0.3, 0.4) is 0 Å². The van der Waals surface area contributed by atoms with Crippen molar-refractivity contribution in [3.05, 3.63) is 31.3 Å². The van der Waals surface area contributed by atoms with Crippen molar-refractivity contribution in [2.45, 2.75) is 0 Å². The minimum Gasteiger partial charge on any atom is -0.478 e. The van der Waals surface area contributed by atoms with Crippen molar-refractivity contribution in [1.29, 1.82) is 0 Å². The summed E-state index contributed by atoms with van der Waals surface area (Å²) in [5.74, 6) is -2.28. The maximum atomic E-state index is 10.7. The average molecular weight is 371 g/mol. The fourth-order valence-electron chi connectivity index (χ4n) is 0.900. The second-order valence-electron chi connectivity index (χ2n) is 2.43. The maximum Gasteiger partial charge on any atom is 0.336 e. The van der Waals surface area contributed by atoms with Crippen molar-refractivity contribution in [3.8, 4) is 0 Å². The van der Waals surface area contributed by atoms with E-state index in [0.29, 0.717) is 4.47 Å². The van der Waals surface area contributed by atoms with E-state index >= 15 is 0 Å². The van der Waals surface area contributed by atoms with Gasteiger partial charge in [0.1, 0.15) is 0 Å². The van der Waals surface area contributed by atoms with Gasteiger partial charge in [-0.15, -0.1) is 0 Å². The molecule has 0 bridgehead atoms. The van der Waals surface area contributed by atoms with Gasteiger partial charge in [0.05, 0.1) is 11.1 Å². The van der Waals surface area contributed by atoms with Crippen LogP contribution in [0.25, 0.3) is 0 Å². The largest absolute Gasteiger partial charge is 0.478 e. The highest BCUT2D eigenvalue weighted by atomic mass is 127. The van der Waals surface area contributed by atoms with E-state index in [1.54, 1.807) is 22.6 Å². The molecule has 0 aliphatic heterocycles. The van der Waals surface area contributed by atoms with E-state index in [0.717, 1.165) is 0 Å². The average Bonchev–Trinajstić information content (AvgIpc) is 2.07. The van der Waals surface area contributed by atoms with Crippen molar-refractivity contribution in [3.63, 3.8) is 0 Å². The molecule has 1 rings (SSSR count). The van der Waals surface area contributed by atoms with E-state index < -0.39 is 11.9 Å². The van der Waals surface area contributed by atoms with E-state index in [-0.39, 0.29) is 14.7 Å². The second kappa shape index (κ2) is 4.26. The lowest BCUT2D eigenvalue weighted by Gasteiger charge is -2.04. The summed E-state index contributed by atoms with van der Waals surface area (Å²) < 4.78 is 0.665. The number of aromatic carboxylic acids is 2. The topological polar surface area (TPSA) is 74.6 Å². The maximum absolute atomic E-state index is 10.7. The van der Waals surface area contributed by atoms with Gasteiger partial charge < -0.3 is 10.2 Å². The normalized spacial score (nSPS) is 9.86. The fourth-order valence-corrected chi connectivity index (χ4v) is 2.13. The van der Waals surface area contributed by atoms with Crippen LogP contribution in [-0.4, -0.2) is 22.2 Å². The summed E-state index contributed by atoms with van der Waals surface area (Å²) in [5.41, 5.74) is -0.0326. The highest BCUT2D eigenvalue weighted by Crippen LogP contribution is 2.23. The minimum absolute atomic E-state index is 0.0163. The molecular weight excluding hydrogens is 367 g/mol. The third-order valence-electron chi connectivity index (χ3n) is 1.50. The molecular formula is C8H4BrIO4. The Morgan fingerprint density at radius 3 is 1.79 bits per heavy atom. The number of benzene rings is 1. The highest BCUT2D eigenvalue weighted by molar-refractivity contribution is 14.1. The molecule has 0 amide bonds. The lowest BCUT2D eigenvalue weighted by Crippen LogP contribution is -2.07. The molecule has 0 saturated heterocycles. The zero-order valence-corrected chi connectivity index (χ0v) is 10.4. The number of rotatable bonds is 2. The van der Waals surface area contributed by atoms with Crippen molar-refractivity contribution in [2.24, 2.45) is 0 Å². The van der Waals surface area contributed by atoms with E-state index in [2.05, 4.69) is 15.9 Å². The first-order valence-electron chi connectivity index (χ1n) is 3.39. The van der Waals surface area contributed by atoms with E-state index in [9.17, 15) is 9.59 Å². The number of carbonyl (C=O) groups is 2. The quantitative estimate of drug-likeness (QED) is 0.784. The Kier molecular flexibility index (Phi) is 3.48. The molecule has 0 aromatic heterocycles. The summed E-state index contributed by atoms with van der Waals surface area (Å²) in [6.45, 7) is 0. The van der Waals surface area contributed by atoms with Crippen LogP contribution < -0.4 is 0 Å². The smallest absolute Gasteiger partial charge is 0.336 e. The summed E-state index contributed by atoms with van der Waals surface area (Å²) in [6, 6.07) is 2.74. The van der Waals surface area contributed by atoms with Gasteiger partial charge in [-0.05, 0) is 34.7 Å². The molecule has 0 unspecified atom stereocenters. The molecule has 0 aliphatic rings. The molecule has 0 fully saturated rings. The van der Waals surface area contributed by atoms with Crippen LogP contribution in [0.4, 0.5) is 0 Å². The van der Waals surface area contributed by atoms with Crippen LogP contribution in [0, 0.1) is 3.57 Å². The number of halogens is 2. The Labute approximate surface area is 101 Å². The lowest BCUT2D eigenvalue weighted by molar-refractivity contribution is 0.0695. The highest BCUT2D eigenvalue weighted by Gasteiger charge is 2.17. The summed E-state index contributed by atoms with van der Waals surface area (Å²) in [6.07, 6.45) is 0. The first-order chi connectivity index (χ1) is 6.43. The molecule has 4 nitrogen and oxygen atoms in total. The van der Waals surface area contributed by atoms with Crippen molar-refractivity contribution in [2.75, 3.05) is 0 Å². The molecule has 0 aliphatic carbocycles. The van der Waals surface area contributed by atoms with E-state index in [1.165, 1.54) is 12.1 Å². The zero-order valence-electron chi connectivity index (χ0n) is 6.62. The number of hydrogen-bond donors (Lipinski definition) is 2. The van der Waals surface area contributed by atoms with Gasteiger partial charge in [0.2, 0.25) is 0 Å². The Morgan fingerprint density at radius 1 is 1.14 bits per heavy atom. The van der Waals surface area contributed by atoms with Gasteiger partial charge >= 0.3 is 11.9 Å². The Hall–Kier alpha value is -0.630. The number of hydrogen-bond acceptors (Lipinski definition) is 2. The van der Waals surface area contributed by atoms with Crippen molar-refractivity contribution >= 4 is 50.5 Å². The van der Waals surface area contributed by atoms with Gasteiger partial charge in [0, 0.05) is 8.04 Å². The molecule has 1 aromatic rings. The monoisotopic (exact) mass is 370 g/mol. The first-order valence-corrected chi connectivity index (χ1v) is 5.26. The molecule has 2 N–H and O–H groups in total. The molecule has 0 spiro atoms. The summed E-state index contributed by atoms with van der Waals surface area (Å²) >= 11 is 4.76. The van der Waals surface area contributed by atoms with Crippen LogP contribution in [0.15, 0.2) is 16.6 Å². The molecule has 1 aromatic carbocycles. The first kappa shape index (κ1) is 11.4. The van der Waals surface area contributed by atoms with Crippen LogP contribution in [0.2, 0.25) is 0 Å². The number of carboxylic acid groups (broad SMARTS) is 2. The minimum atomic E-state index is -1.14. The fraction of sp³-hybridized carbons (Fsp3) is 0. The molecule has 0 heterocycles. The molecule has 6 heteroatoms. The summed E-state index contributed by atoms with van der Waals surface area (Å²) in [4.78, 5) is 21.5. The Bertz CT molecular complexity index is 381. The van der Waals surface area contributed by atoms with E-state index in [4.69, 9.17) is 10.2 Å². The van der Waals surface area contributed by atoms with Crippen LogP contribution in [0.1, 0.15) is 20.7 Å².